The highest BCUT2D eigenvalue weighted by Crippen LogP contribution is 2.30. The minimum atomic E-state index is -0.268. The fourth-order valence-corrected chi connectivity index (χ4v) is 3.60. The second kappa shape index (κ2) is 9.88. The summed E-state index contributed by atoms with van der Waals surface area (Å²) in [5, 5.41) is 5.74. The highest BCUT2D eigenvalue weighted by Gasteiger charge is 2.15. The Balaban J connectivity index is 1.57. The SMILES string of the molecule is COc1cc(NC(=O)CCC2CCCCC2)ccc1NC(=O)c1cccnc1. The fraction of sp³-hybridized carbons (Fsp3) is 0.409. The Morgan fingerprint density at radius 2 is 1.96 bits per heavy atom. The van der Waals surface area contributed by atoms with E-state index < -0.39 is 0 Å². The largest absolute Gasteiger partial charge is 0.494 e. The summed E-state index contributed by atoms with van der Waals surface area (Å²) in [6.07, 6.45) is 11.0. The van der Waals surface area contributed by atoms with Crippen molar-refractivity contribution in [1.82, 2.24) is 4.98 Å². The molecule has 0 bridgehead atoms. The molecule has 0 aliphatic heterocycles. The van der Waals surface area contributed by atoms with E-state index in [1.807, 2.05) is 0 Å². The minimum absolute atomic E-state index is 0.0137. The van der Waals surface area contributed by atoms with Gasteiger partial charge in [-0.3, -0.25) is 14.6 Å². The van der Waals surface area contributed by atoms with Gasteiger partial charge in [0.25, 0.3) is 5.91 Å². The van der Waals surface area contributed by atoms with Crippen molar-refractivity contribution in [3.63, 3.8) is 0 Å². The van der Waals surface area contributed by atoms with E-state index in [1.165, 1.54) is 45.4 Å². The van der Waals surface area contributed by atoms with Crippen LogP contribution in [0.4, 0.5) is 11.4 Å². The molecule has 1 aliphatic carbocycles. The lowest BCUT2D eigenvalue weighted by Crippen LogP contribution is -2.15. The number of aromatic nitrogens is 1. The van der Waals surface area contributed by atoms with Crippen molar-refractivity contribution < 1.29 is 14.3 Å². The molecule has 1 fully saturated rings. The number of carbonyl (C=O) groups is 2. The molecular formula is C22H27N3O3. The van der Waals surface area contributed by atoms with Crippen LogP contribution in [0.2, 0.25) is 0 Å². The molecule has 0 radical (unpaired) electrons. The average Bonchev–Trinajstić information content (AvgIpc) is 2.74. The normalized spacial score (nSPS) is 14.3. The molecule has 2 amide bonds. The van der Waals surface area contributed by atoms with E-state index >= 15 is 0 Å². The van der Waals surface area contributed by atoms with Crippen LogP contribution < -0.4 is 15.4 Å². The zero-order chi connectivity index (χ0) is 19.8. The van der Waals surface area contributed by atoms with E-state index in [4.69, 9.17) is 4.74 Å². The maximum absolute atomic E-state index is 12.3. The molecule has 1 saturated carbocycles. The average molecular weight is 381 g/mol. The number of methoxy groups -OCH3 is 1. The topological polar surface area (TPSA) is 80.3 Å². The van der Waals surface area contributed by atoms with Gasteiger partial charge in [-0.05, 0) is 36.6 Å². The van der Waals surface area contributed by atoms with E-state index in [0.717, 1.165) is 6.42 Å². The van der Waals surface area contributed by atoms with Crippen molar-refractivity contribution in [2.45, 2.75) is 44.9 Å². The van der Waals surface area contributed by atoms with Gasteiger partial charge in [-0.15, -0.1) is 0 Å². The third kappa shape index (κ3) is 5.55. The Hall–Kier alpha value is -2.89. The van der Waals surface area contributed by atoms with Crippen molar-refractivity contribution in [2.24, 2.45) is 5.92 Å². The first-order chi connectivity index (χ1) is 13.7. The van der Waals surface area contributed by atoms with Gasteiger partial charge in [0.15, 0.2) is 0 Å². The number of nitrogens with one attached hydrogen (secondary N) is 2. The van der Waals surface area contributed by atoms with Gasteiger partial charge >= 0.3 is 0 Å². The van der Waals surface area contributed by atoms with Crippen molar-refractivity contribution >= 4 is 23.2 Å². The summed E-state index contributed by atoms with van der Waals surface area (Å²) in [7, 11) is 1.53. The van der Waals surface area contributed by atoms with Crippen LogP contribution in [-0.4, -0.2) is 23.9 Å². The van der Waals surface area contributed by atoms with Crippen LogP contribution >= 0.6 is 0 Å². The van der Waals surface area contributed by atoms with Crippen molar-refractivity contribution in [3.8, 4) is 5.75 Å². The molecule has 0 unspecified atom stereocenters. The lowest BCUT2D eigenvalue weighted by molar-refractivity contribution is -0.116. The number of carbonyl (C=O) groups excluding carboxylic acids is 2. The number of pyridine rings is 1. The van der Waals surface area contributed by atoms with Crippen molar-refractivity contribution in [1.29, 1.82) is 0 Å². The van der Waals surface area contributed by atoms with E-state index in [1.54, 1.807) is 36.5 Å². The lowest BCUT2D eigenvalue weighted by atomic mass is 9.86. The van der Waals surface area contributed by atoms with Crippen LogP contribution in [0, 0.1) is 5.92 Å². The molecule has 0 saturated heterocycles. The molecule has 2 N–H and O–H groups in total. The number of nitrogens with zero attached hydrogens (tertiary/aromatic N) is 1. The van der Waals surface area contributed by atoms with Gasteiger partial charge in [0.05, 0.1) is 18.4 Å². The smallest absolute Gasteiger partial charge is 0.257 e. The third-order valence-corrected chi connectivity index (χ3v) is 5.16. The summed E-state index contributed by atoms with van der Waals surface area (Å²) in [6.45, 7) is 0. The highest BCUT2D eigenvalue weighted by molar-refractivity contribution is 6.05. The number of anilines is 2. The van der Waals surface area contributed by atoms with Crippen LogP contribution in [0.5, 0.6) is 5.75 Å². The summed E-state index contributed by atoms with van der Waals surface area (Å²) >= 11 is 0. The van der Waals surface area contributed by atoms with E-state index in [2.05, 4.69) is 15.6 Å². The predicted octanol–water partition coefficient (Wildman–Crippen LogP) is 4.64. The third-order valence-electron chi connectivity index (χ3n) is 5.16. The molecule has 1 aromatic heterocycles. The van der Waals surface area contributed by atoms with Gasteiger partial charge in [0.2, 0.25) is 5.91 Å². The van der Waals surface area contributed by atoms with Crippen LogP contribution in [0.3, 0.4) is 0 Å². The summed E-state index contributed by atoms with van der Waals surface area (Å²) in [5.41, 5.74) is 1.66. The number of rotatable bonds is 7. The van der Waals surface area contributed by atoms with E-state index in [-0.39, 0.29) is 11.8 Å². The van der Waals surface area contributed by atoms with Crippen LogP contribution in [0.15, 0.2) is 42.7 Å². The Bertz CT molecular complexity index is 802. The zero-order valence-electron chi connectivity index (χ0n) is 16.2. The molecule has 0 spiro atoms. The van der Waals surface area contributed by atoms with E-state index in [0.29, 0.717) is 35.0 Å². The summed E-state index contributed by atoms with van der Waals surface area (Å²) in [5.74, 6) is 0.914. The molecule has 1 heterocycles. The molecule has 3 rings (SSSR count). The number of hydrogen-bond donors (Lipinski definition) is 2. The van der Waals surface area contributed by atoms with Crippen LogP contribution in [0.1, 0.15) is 55.3 Å². The van der Waals surface area contributed by atoms with Crippen molar-refractivity contribution in [2.75, 3.05) is 17.7 Å². The summed E-state index contributed by atoms with van der Waals surface area (Å²) < 4.78 is 5.38. The van der Waals surface area contributed by atoms with Gasteiger partial charge in [-0.1, -0.05) is 32.1 Å². The number of amides is 2. The van der Waals surface area contributed by atoms with Gasteiger partial charge in [-0.25, -0.2) is 0 Å². The van der Waals surface area contributed by atoms with Gasteiger partial charge in [0, 0.05) is 30.6 Å². The molecule has 28 heavy (non-hydrogen) atoms. The molecule has 0 atom stereocenters. The molecule has 1 aliphatic rings. The minimum Gasteiger partial charge on any atom is -0.494 e. The second-order valence-electron chi connectivity index (χ2n) is 7.20. The zero-order valence-corrected chi connectivity index (χ0v) is 16.2. The van der Waals surface area contributed by atoms with E-state index in [9.17, 15) is 9.59 Å². The molecule has 6 nitrogen and oxygen atoms in total. The summed E-state index contributed by atoms with van der Waals surface area (Å²) in [6, 6.07) is 8.61. The van der Waals surface area contributed by atoms with Gasteiger partial charge in [-0.2, -0.15) is 0 Å². The molecule has 2 aromatic rings. The molecular weight excluding hydrogens is 354 g/mol. The Morgan fingerprint density at radius 3 is 2.68 bits per heavy atom. The first-order valence-electron chi connectivity index (χ1n) is 9.85. The second-order valence-corrected chi connectivity index (χ2v) is 7.20. The monoisotopic (exact) mass is 381 g/mol. The van der Waals surface area contributed by atoms with Crippen molar-refractivity contribution in [3.05, 3.63) is 48.3 Å². The Morgan fingerprint density at radius 1 is 1.14 bits per heavy atom. The molecule has 6 heteroatoms. The Labute approximate surface area is 165 Å². The van der Waals surface area contributed by atoms with Gasteiger partial charge in [0.1, 0.15) is 5.75 Å². The van der Waals surface area contributed by atoms with Crippen LogP contribution in [-0.2, 0) is 4.79 Å². The number of benzene rings is 1. The fourth-order valence-electron chi connectivity index (χ4n) is 3.60. The Kier molecular flexibility index (Phi) is 7.00. The van der Waals surface area contributed by atoms with Crippen LogP contribution in [0.25, 0.3) is 0 Å². The number of hydrogen-bond acceptors (Lipinski definition) is 4. The maximum atomic E-state index is 12.3. The molecule has 1 aromatic carbocycles. The maximum Gasteiger partial charge on any atom is 0.257 e. The highest BCUT2D eigenvalue weighted by atomic mass is 16.5. The first-order valence-corrected chi connectivity index (χ1v) is 9.85. The van der Waals surface area contributed by atoms with Gasteiger partial charge < -0.3 is 15.4 Å². The predicted molar refractivity (Wildman–Crippen MR) is 110 cm³/mol. The first kappa shape index (κ1) is 19.9. The standard InChI is InChI=1S/C22H27N3O3/c1-28-20-14-18(24-21(26)12-9-16-6-3-2-4-7-16)10-11-19(20)25-22(27)17-8-5-13-23-15-17/h5,8,10-11,13-16H,2-4,6-7,9,12H2,1H3,(H,24,26)(H,25,27). The quantitative estimate of drug-likeness (QED) is 0.732. The summed E-state index contributed by atoms with van der Waals surface area (Å²) in [4.78, 5) is 28.5. The lowest BCUT2D eigenvalue weighted by Gasteiger charge is -2.21. The molecule has 148 valence electrons. The number of ether oxygens (including phenoxy) is 1.